The fourth-order valence-corrected chi connectivity index (χ4v) is 1.28. The molecule has 0 fully saturated rings. The summed E-state index contributed by atoms with van der Waals surface area (Å²) in [6, 6.07) is 0.899. The third-order valence-corrected chi connectivity index (χ3v) is 2.02. The number of nitrogen functional groups attached to an aromatic ring is 1. The molecule has 0 aromatic carbocycles. The summed E-state index contributed by atoms with van der Waals surface area (Å²) in [5.41, 5.74) is 5.28. The number of hydrogen-bond acceptors (Lipinski definition) is 4. The standard InChI is InChI=1S/C7H7F3N2OS/c1-13-5-4(11)2-3(8)6(12-5)14-7(9)10/h2,7H,11H2,1H3. The van der Waals surface area contributed by atoms with Crippen molar-refractivity contribution in [2.24, 2.45) is 0 Å². The number of rotatable bonds is 3. The van der Waals surface area contributed by atoms with Crippen LogP contribution in [0.25, 0.3) is 0 Å². The quantitative estimate of drug-likeness (QED) is 0.799. The fourth-order valence-electron chi connectivity index (χ4n) is 0.801. The van der Waals surface area contributed by atoms with Crippen LogP contribution in [0.5, 0.6) is 5.88 Å². The zero-order valence-corrected chi connectivity index (χ0v) is 7.95. The smallest absolute Gasteiger partial charge is 0.290 e. The predicted molar refractivity (Wildman–Crippen MR) is 47.0 cm³/mol. The van der Waals surface area contributed by atoms with Crippen molar-refractivity contribution < 1.29 is 17.9 Å². The first-order valence-electron chi connectivity index (χ1n) is 3.49. The molecule has 3 nitrogen and oxygen atoms in total. The van der Waals surface area contributed by atoms with E-state index in [9.17, 15) is 13.2 Å². The van der Waals surface area contributed by atoms with Crippen molar-refractivity contribution in [1.29, 1.82) is 0 Å². The van der Waals surface area contributed by atoms with Crippen LogP contribution in [0.4, 0.5) is 18.9 Å². The molecule has 0 aliphatic carbocycles. The van der Waals surface area contributed by atoms with Crippen LogP contribution in [0, 0.1) is 5.82 Å². The average Bonchev–Trinajstić information content (AvgIpc) is 2.09. The van der Waals surface area contributed by atoms with E-state index in [-0.39, 0.29) is 23.3 Å². The Hall–Kier alpha value is -1.11. The van der Waals surface area contributed by atoms with E-state index in [0.717, 1.165) is 6.07 Å². The van der Waals surface area contributed by atoms with E-state index in [2.05, 4.69) is 9.72 Å². The Morgan fingerprint density at radius 2 is 2.21 bits per heavy atom. The number of anilines is 1. The van der Waals surface area contributed by atoms with E-state index < -0.39 is 16.6 Å². The van der Waals surface area contributed by atoms with E-state index in [1.807, 2.05) is 0 Å². The van der Waals surface area contributed by atoms with Crippen molar-refractivity contribution in [3.05, 3.63) is 11.9 Å². The number of thioether (sulfide) groups is 1. The SMILES string of the molecule is COc1nc(SC(F)F)c(F)cc1N. The topological polar surface area (TPSA) is 48.1 Å². The number of halogens is 3. The normalized spacial score (nSPS) is 10.6. The van der Waals surface area contributed by atoms with Gasteiger partial charge in [0.25, 0.3) is 5.76 Å². The van der Waals surface area contributed by atoms with Gasteiger partial charge in [-0.2, -0.15) is 8.78 Å². The van der Waals surface area contributed by atoms with Crippen LogP contribution in [0.2, 0.25) is 0 Å². The molecule has 0 amide bonds. The molecule has 7 heteroatoms. The largest absolute Gasteiger partial charge is 0.479 e. The van der Waals surface area contributed by atoms with Gasteiger partial charge in [-0.25, -0.2) is 9.37 Å². The molecule has 1 heterocycles. The summed E-state index contributed by atoms with van der Waals surface area (Å²) < 4.78 is 41.5. The van der Waals surface area contributed by atoms with Gasteiger partial charge < -0.3 is 10.5 Å². The lowest BCUT2D eigenvalue weighted by Crippen LogP contribution is -1.99. The third-order valence-electron chi connectivity index (χ3n) is 1.33. The predicted octanol–water partition coefficient (Wildman–Crippen LogP) is 2.13. The molecule has 0 aliphatic rings. The second-order valence-corrected chi connectivity index (χ2v) is 3.23. The number of hydrogen-bond donors (Lipinski definition) is 1. The molecule has 1 aromatic rings. The van der Waals surface area contributed by atoms with Crippen LogP contribution < -0.4 is 10.5 Å². The maximum Gasteiger partial charge on any atom is 0.290 e. The molecule has 1 aromatic heterocycles. The fraction of sp³-hybridized carbons (Fsp3) is 0.286. The maximum atomic E-state index is 13.0. The summed E-state index contributed by atoms with van der Waals surface area (Å²) >= 11 is 0.00829. The number of nitrogens with two attached hydrogens (primary N) is 1. The highest BCUT2D eigenvalue weighted by molar-refractivity contribution is 7.99. The van der Waals surface area contributed by atoms with E-state index in [4.69, 9.17) is 5.73 Å². The van der Waals surface area contributed by atoms with E-state index in [1.165, 1.54) is 7.11 Å². The van der Waals surface area contributed by atoms with Crippen molar-refractivity contribution in [2.75, 3.05) is 12.8 Å². The maximum absolute atomic E-state index is 13.0. The van der Waals surface area contributed by atoms with Crippen molar-refractivity contribution >= 4 is 17.4 Å². The zero-order chi connectivity index (χ0) is 10.7. The lowest BCUT2D eigenvalue weighted by Gasteiger charge is -2.06. The summed E-state index contributed by atoms with van der Waals surface area (Å²) in [6.45, 7) is 0. The van der Waals surface area contributed by atoms with E-state index >= 15 is 0 Å². The molecule has 0 spiro atoms. The summed E-state index contributed by atoms with van der Waals surface area (Å²) in [4.78, 5) is 3.49. The summed E-state index contributed by atoms with van der Waals surface area (Å²) in [7, 11) is 1.27. The molecule has 0 bridgehead atoms. The monoisotopic (exact) mass is 224 g/mol. The third kappa shape index (κ3) is 2.44. The number of methoxy groups -OCH3 is 1. The first-order chi connectivity index (χ1) is 6.54. The van der Waals surface area contributed by atoms with Crippen molar-refractivity contribution in [2.45, 2.75) is 10.8 Å². The number of alkyl halides is 2. The highest BCUT2D eigenvalue weighted by atomic mass is 32.2. The Kier molecular flexibility index (Phi) is 3.45. The van der Waals surface area contributed by atoms with Crippen LogP contribution in [0.3, 0.4) is 0 Å². The lowest BCUT2D eigenvalue weighted by atomic mass is 10.4. The van der Waals surface area contributed by atoms with Gasteiger partial charge >= 0.3 is 0 Å². The van der Waals surface area contributed by atoms with E-state index in [0.29, 0.717) is 0 Å². The van der Waals surface area contributed by atoms with Crippen LogP contribution in [-0.4, -0.2) is 17.9 Å². The average molecular weight is 224 g/mol. The van der Waals surface area contributed by atoms with Crippen LogP contribution in [-0.2, 0) is 0 Å². The molecular formula is C7H7F3N2OS. The number of aromatic nitrogens is 1. The molecular weight excluding hydrogens is 217 g/mol. The summed E-state index contributed by atoms with van der Waals surface area (Å²) in [5, 5.41) is -0.425. The summed E-state index contributed by atoms with van der Waals surface area (Å²) in [6.07, 6.45) is 0. The van der Waals surface area contributed by atoms with Gasteiger partial charge in [-0.05, 0) is 11.8 Å². The lowest BCUT2D eigenvalue weighted by molar-refractivity contribution is 0.251. The molecule has 0 radical (unpaired) electrons. The van der Waals surface area contributed by atoms with Gasteiger partial charge in [0.1, 0.15) is 5.03 Å². The van der Waals surface area contributed by atoms with Gasteiger partial charge in [0.15, 0.2) is 5.82 Å². The first-order valence-corrected chi connectivity index (χ1v) is 4.37. The first kappa shape index (κ1) is 11.0. The van der Waals surface area contributed by atoms with Crippen molar-refractivity contribution in [1.82, 2.24) is 4.98 Å². The van der Waals surface area contributed by atoms with Gasteiger partial charge in [-0.15, -0.1) is 0 Å². The van der Waals surface area contributed by atoms with Crippen molar-refractivity contribution in [3.8, 4) is 5.88 Å². The van der Waals surface area contributed by atoms with E-state index in [1.54, 1.807) is 0 Å². The molecule has 0 aliphatic heterocycles. The molecule has 0 unspecified atom stereocenters. The Labute approximate surface area is 82.5 Å². The Balaban J connectivity index is 3.04. The number of pyridine rings is 1. The van der Waals surface area contributed by atoms with Crippen LogP contribution in [0.1, 0.15) is 0 Å². The summed E-state index contributed by atoms with van der Waals surface area (Å²) in [5.74, 6) is -3.67. The second kappa shape index (κ2) is 4.41. The number of ether oxygens (including phenoxy) is 1. The highest BCUT2D eigenvalue weighted by Crippen LogP contribution is 2.30. The molecule has 2 N–H and O–H groups in total. The second-order valence-electron chi connectivity index (χ2n) is 2.25. The Morgan fingerprint density at radius 1 is 1.57 bits per heavy atom. The minimum Gasteiger partial charge on any atom is -0.479 e. The molecule has 14 heavy (non-hydrogen) atoms. The Morgan fingerprint density at radius 3 is 2.71 bits per heavy atom. The number of nitrogens with zero attached hydrogens (tertiary/aromatic N) is 1. The van der Waals surface area contributed by atoms with Gasteiger partial charge in [-0.1, -0.05) is 0 Å². The van der Waals surface area contributed by atoms with Gasteiger partial charge in [-0.3, -0.25) is 0 Å². The van der Waals surface area contributed by atoms with Gasteiger partial charge in [0.05, 0.1) is 12.8 Å². The van der Waals surface area contributed by atoms with Gasteiger partial charge in [0, 0.05) is 6.07 Å². The van der Waals surface area contributed by atoms with Crippen molar-refractivity contribution in [3.63, 3.8) is 0 Å². The molecule has 0 saturated carbocycles. The van der Waals surface area contributed by atoms with Crippen LogP contribution >= 0.6 is 11.8 Å². The minimum absolute atomic E-state index is 0.00829. The molecule has 78 valence electrons. The highest BCUT2D eigenvalue weighted by Gasteiger charge is 2.15. The molecule has 0 atom stereocenters. The molecule has 1 rings (SSSR count). The van der Waals surface area contributed by atoms with Gasteiger partial charge in [0.2, 0.25) is 5.88 Å². The molecule has 0 saturated heterocycles. The Bertz CT molecular complexity index is 335. The minimum atomic E-state index is -2.73. The van der Waals surface area contributed by atoms with Crippen LogP contribution in [0.15, 0.2) is 11.1 Å². The zero-order valence-electron chi connectivity index (χ0n) is 7.13.